The van der Waals surface area contributed by atoms with Gasteiger partial charge in [0.05, 0.1) is 20.3 Å². The number of hydrogen-bond acceptors (Lipinski definition) is 3. The Morgan fingerprint density at radius 2 is 1.74 bits per heavy atom. The Labute approximate surface area is 191 Å². The molecule has 4 nitrogen and oxygen atoms in total. The minimum atomic E-state index is -0.164. The highest BCUT2D eigenvalue weighted by Gasteiger charge is 2.30. The van der Waals surface area contributed by atoms with E-state index in [9.17, 15) is 4.79 Å². The van der Waals surface area contributed by atoms with E-state index in [4.69, 9.17) is 9.47 Å². The van der Waals surface area contributed by atoms with Gasteiger partial charge in [-0.3, -0.25) is 4.79 Å². The molecule has 1 aliphatic heterocycles. The average Bonchev–Trinajstić information content (AvgIpc) is 2.81. The number of carbonyl (C=O) groups excluding carboxylic acids is 1. The van der Waals surface area contributed by atoms with Crippen LogP contribution >= 0.6 is 15.9 Å². The maximum absolute atomic E-state index is 13.4. The van der Waals surface area contributed by atoms with Crippen molar-refractivity contribution in [2.24, 2.45) is 0 Å². The third-order valence-corrected chi connectivity index (χ3v) is 6.04. The molecule has 158 valence electrons. The van der Waals surface area contributed by atoms with Crippen LogP contribution in [0.4, 0.5) is 0 Å². The number of halogens is 1. The molecule has 0 fully saturated rings. The van der Waals surface area contributed by atoms with Crippen LogP contribution in [-0.2, 0) is 6.42 Å². The van der Waals surface area contributed by atoms with Crippen molar-refractivity contribution in [2.75, 3.05) is 20.8 Å². The Morgan fingerprint density at radius 3 is 2.45 bits per heavy atom. The fraction of sp³-hybridized carbons (Fsp3) is 0.192. The predicted octanol–water partition coefficient (Wildman–Crippen LogP) is 5.92. The fourth-order valence-corrected chi connectivity index (χ4v) is 4.30. The molecule has 1 atom stereocenters. The van der Waals surface area contributed by atoms with Crippen molar-refractivity contribution in [2.45, 2.75) is 12.5 Å². The predicted molar refractivity (Wildman–Crippen MR) is 127 cm³/mol. The summed E-state index contributed by atoms with van der Waals surface area (Å²) < 4.78 is 11.5. The summed E-state index contributed by atoms with van der Waals surface area (Å²) in [6.45, 7) is 0.642. The number of hydrogen-bond donors (Lipinski definition) is 0. The van der Waals surface area contributed by atoms with E-state index in [0.717, 1.165) is 33.5 Å². The third kappa shape index (κ3) is 4.67. The SMILES string of the molecule is COc1ccc(/C=C/C2c3ccc(OC)cc3CCN2C(=O)c2cccc(Br)c2)cc1. The van der Waals surface area contributed by atoms with Crippen molar-refractivity contribution >= 4 is 27.9 Å². The second kappa shape index (κ2) is 9.40. The van der Waals surface area contributed by atoms with Crippen LogP contribution in [0.3, 0.4) is 0 Å². The van der Waals surface area contributed by atoms with E-state index in [1.54, 1.807) is 14.2 Å². The lowest BCUT2D eigenvalue weighted by molar-refractivity contribution is 0.0701. The van der Waals surface area contributed by atoms with Crippen molar-refractivity contribution in [3.63, 3.8) is 0 Å². The quantitative estimate of drug-likeness (QED) is 0.457. The summed E-state index contributed by atoms with van der Waals surface area (Å²) in [5, 5.41) is 0. The first-order chi connectivity index (χ1) is 15.1. The summed E-state index contributed by atoms with van der Waals surface area (Å²) in [6, 6.07) is 21.4. The van der Waals surface area contributed by atoms with Gasteiger partial charge in [-0.25, -0.2) is 0 Å². The van der Waals surface area contributed by atoms with Crippen LogP contribution in [0.5, 0.6) is 11.5 Å². The molecule has 1 heterocycles. The van der Waals surface area contributed by atoms with Gasteiger partial charge in [0, 0.05) is 16.6 Å². The molecule has 3 aromatic carbocycles. The van der Waals surface area contributed by atoms with Gasteiger partial charge < -0.3 is 14.4 Å². The number of carbonyl (C=O) groups is 1. The van der Waals surface area contributed by atoms with E-state index in [2.05, 4.69) is 40.2 Å². The normalized spacial score (nSPS) is 15.6. The summed E-state index contributed by atoms with van der Waals surface area (Å²) in [5.74, 6) is 1.68. The fourth-order valence-electron chi connectivity index (χ4n) is 3.90. The largest absolute Gasteiger partial charge is 0.497 e. The van der Waals surface area contributed by atoms with Crippen molar-refractivity contribution < 1.29 is 14.3 Å². The average molecular weight is 478 g/mol. The van der Waals surface area contributed by atoms with E-state index in [1.807, 2.05) is 59.5 Å². The molecule has 1 unspecified atom stereocenters. The third-order valence-electron chi connectivity index (χ3n) is 5.55. The second-order valence-electron chi connectivity index (χ2n) is 7.40. The van der Waals surface area contributed by atoms with Crippen LogP contribution in [0.15, 0.2) is 77.3 Å². The molecule has 0 aliphatic carbocycles. The van der Waals surface area contributed by atoms with E-state index in [-0.39, 0.29) is 11.9 Å². The Balaban J connectivity index is 1.70. The monoisotopic (exact) mass is 477 g/mol. The van der Waals surface area contributed by atoms with Crippen LogP contribution < -0.4 is 9.47 Å². The highest BCUT2D eigenvalue weighted by molar-refractivity contribution is 9.10. The maximum atomic E-state index is 13.4. The summed E-state index contributed by atoms with van der Waals surface area (Å²) in [6.07, 6.45) is 4.95. The van der Waals surface area contributed by atoms with Crippen molar-refractivity contribution in [1.29, 1.82) is 0 Å². The molecule has 0 saturated carbocycles. The summed E-state index contributed by atoms with van der Waals surface area (Å²) in [5.41, 5.74) is 4.06. The molecule has 1 amide bonds. The van der Waals surface area contributed by atoms with Gasteiger partial charge in [-0.15, -0.1) is 0 Å². The smallest absolute Gasteiger partial charge is 0.254 e. The van der Waals surface area contributed by atoms with Crippen LogP contribution in [-0.4, -0.2) is 31.6 Å². The Bertz CT molecular complexity index is 1110. The Hall–Kier alpha value is -3.05. The van der Waals surface area contributed by atoms with E-state index in [0.29, 0.717) is 12.1 Å². The standard InChI is InChI=1S/C26H24BrNO3/c1-30-22-9-6-18(7-10-22)8-13-25-24-12-11-23(31-2)17-19(24)14-15-28(25)26(29)20-4-3-5-21(27)16-20/h3-13,16-17,25H,14-15H2,1-2H3/b13-8+. The number of rotatable bonds is 5. The zero-order valence-corrected chi connectivity index (χ0v) is 19.1. The lowest BCUT2D eigenvalue weighted by Crippen LogP contribution is -2.39. The lowest BCUT2D eigenvalue weighted by atomic mass is 9.91. The molecule has 5 heteroatoms. The van der Waals surface area contributed by atoms with E-state index >= 15 is 0 Å². The first kappa shape index (κ1) is 21.2. The minimum absolute atomic E-state index is 0.0205. The lowest BCUT2D eigenvalue weighted by Gasteiger charge is -2.36. The van der Waals surface area contributed by atoms with Crippen molar-refractivity contribution in [1.82, 2.24) is 4.90 Å². The number of nitrogens with zero attached hydrogens (tertiary/aromatic N) is 1. The van der Waals surface area contributed by atoms with Crippen molar-refractivity contribution in [3.05, 3.63) is 99.5 Å². The van der Waals surface area contributed by atoms with Crippen LogP contribution in [0.1, 0.15) is 33.1 Å². The number of methoxy groups -OCH3 is 2. The van der Waals surface area contributed by atoms with Gasteiger partial charge in [0.1, 0.15) is 11.5 Å². The number of ether oxygens (including phenoxy) is 2. The molecule has 0 radical (unpaired) electrons. The van der Waals surface area contributed by atoms with Gasteiger partial charge in [0.2, 0.25) is 0 Å². The highest BCUT2D eigenvalue weighted by Crippen LogP contribution is 2.35. The Morgan fingerprint density at radius 1 is 1.00 bits per heavy atom. The zero-order chi connectivity index (χ0) is 21.8. The molecule has 0 aromatic heterocycles. The van der Waals surface area contributed by atoms with Gasteiger partial charge in [0.15, 0.2) is 0 Å². The molecular weight excluding hydrogens is 454 g/mol. The van der Waals surface area contributed by atoms with Gasteiger partial charge in [-0.05, 0) is 65.6 Å². The first-order valence-electron chi connectivity index (χ1n) is 10.1. The van der Waals surface area contributed by atoms with Crippen LogP contribution in [0, 0.1) is 0 Å². The number of benzene rings is 3. The molecule has 3 aromatic rings. The molecule has 31 heavy (non-hydrogen) atoms. The summed E-state index contributed by atoms with van der Waals surface area (Å²) >= 11 is 3.48. The number of amides is 1. The second-order valence-corrected chi connectivity index (χ2v) is 8.32. The maximum Gasteiger partial charge on any atom is 0.254 e. The van der Waals surface area contributed by atoms with E-state index < -0.39 is 0 Å². The van der Waals surface area contributed by atoms with Crippen LogP contribution in [0.25, 0.3) is 6.08 Å². The van der Waals surface area contributed by atoms with Gasteiger partial charge in [0.25, 0.3) is 5.91 Å². The van der Waals surface area contributed by atoms with E-state index in [1.165, 1.54) is 5.56 Å². The number of fused-ring (bicyclic) bond motifs is 1. The van der Waals surface area contributed by atoms with Gasteiger partial charge in [-0.1, -0.05) is 52.3 Å². The van der Waals surface area contributed by atoms with Gasteiger partial charge in [-0.2, -0.15) is 0 Å². The molecule has 4 rings (SSSR count). The molecule has 0 saturated heterocycles. The Kier molecular flexibility index (Phi) is 6.42. The molecule has 0 spiro atoms. The van der Waals surface area contributed by atoms with Crippen molar-refractivity contribution in [3.8, 4) is 11.5 Å². The van der Waals surface area contributed by atoms with Gasteiger partial charge >= 0.3 is 0 Å². The molecule has 0 bridgehead atoms. The molecule has 0 N–H and O–H groups in total. The summed E-state index contributed by atoms with van der Waals surface area (Å²) in [4.78, 5) is 15.4. The molecule has 1 aliphatic rings. The zero-order valence-electron chi connectivity index (χ0n) is 17.5. The van der Waals surface area contributed by atoms with Crippen LogP contribution in [0.2, 0.25) is 0 Å². The highest BCUT2D eigenvalue weighted by atomic mass is 79.9. The summed E-state index contributed by atoms with van der Waals surface area (Å²) in [7, 11) is 3.33. The topological polar surface area (TPSA) is 38.8 Å². The minimum Gasteiger partial charge on any atom is -0.497 e. The first-order valence-corrected chi connectivity index (χ1v) is 10.9. The molecular formula is C26H24BrNO3.